The van der Waals surface area contributed by atoms with Crippen LogP contribution in [0.2, 0.25) is 0 Å². The number of rotatable bonds is 0. The predicted molar refractivity (Wildman–Crippen MR) is 75.7 cm³/mol. The van der Waals surface area contributed by atoms with Crippen LogP contribution in [0.4, 0.5) is 0 Å². The predicted octanol–water partition coefficient (Wildman–Crippen LogP) is 2.81. The first kappa shape index (κ1) is 10.8. The molecule has 19 heavy (non-hydrogen) atoms. The van der Waals surface area contributed by atoms with Gasteiger partial charge in [-0.3, -0.25) is 4.40 Å². The van der Waals surface area contributed by atoms with Crippen molar-refractivity contribution in [2.75, 3.05) is 0 Å². The molecule has 4 rings (SSSR count). The molecule has 0 amide bonds. The van der Waals surface area contributed by atoms with E-state index >= 15 is 0 Å². The quantitative estimate of drug-likeness (QED) is 0.492. The lowest BCUT2D eigenvalue weighted by Gasteiger charge is -1.98. The van der Waals surface area contributed by atoms with Crippen LogP contribution in [-0.2, 0) is 0 Å². The second-order valence-corrected chi connectivity index (χ2v) is 5.72. The average molecular weight is 269 g/mol. The highest BCUT2D eigenvalue weighted by atomic mass is 32.1. The molecule has 0 spiro atoms. The Balaban J connectivity index is 2.30. The van der Waals surface area contributed by atoms with E-state index in [0.29, 0.717) is 0 Å². The highest BCUT2D eigenvalue weighted by Crippen LogP contribution is 2.35. The molecule has 0 aliphatic rings. The molecule has 0 N–H and O–H groups in total. The summed E-state index contributed by atoms with van der Waals surface area (Å²) in [7, 11) is 0. The van der Waals surface area contributed by atoms with Gasteiger partial charge >= 0.3 is 0 Å². The average Bonchev–Trinajstić information content (AvgIpc) is 2.89. The highest BCUT2D eigenvalue weighted by molar-refractivity contribution is 7.26. The summed E-state index contributed by atoms with van der Waals surface area (Å²) in [5.74, 6) is 0.850. The number of hydrogen-bond acceptors (Lipinski definition) is 5. The van der Waals surface area contributed by atoms with E-state index < -0.39 is 0 Å². The van der Waals surface area contributed by atoms with E-state index in [9.17, 15) is 0 Å². The molecule has 0 bridgehead atoms. The maximum absolute atomic E-state index is 4.61. The molecule has 0 saturated carbocycles. The summed E-state index contributed by atoms with van der Waals surface area (Å²) in [5, 5.41) is 9.50. The van der Waals surface area contributed by atoms with Gasteiger partial charge in [-0.25, -0.2) is 9.97 Å². The third-order valence-corrected chi connectivity index (χ3v) is 4.40. The number of aryl methyl sites for hydroxylation is 3. The fourth-order valence-electron chi connectivity index (χ4n) is 2.48. The Morgan fingerprint density at radius 3 is 2.84 bits per heavy atom. The van der Waals surface area contributed by atoms with E-state index in [1.165, 1.54) is 5.56 Å². The summed E-state index contributed by atoms with van der Waals surface area (Å²) in [5.41, 5.74) is 4.08. The summed E-state index contributed by atoms with van der Waals surface area (Å²) < 4.78 is 2.97. The smallest absolute Gasteiger partial charge is 0.181 e. The Morgan fingerprint density at radius 1 is 1.16 bits per heavy atom. The molecule has 0 unspecified atom stereocenters. The van der Waals surface area contributed by atoms with E-state index in [-0.39, 0.29) is 0 Å². The molecule has 6 heteroatoms. The van der Waals surface area contributed by atoms with Crippen molar-refractivity contribution in [3.8, 4) is 0 Å². The Hall–Kier alpha value is -2.08. The van der Waals surface area contributed by atoms with Crippen LogP contribution in [-0.4, -0.2) is 24.6 Å². The highest BCUT2D eigenvalue weighted by Gasteiger charge is 2.15. The van der Waals surface area contributed by atoms with E-state index in [0.717, 1.165) is 37.6 Å². The van der Waals surface area contributed by atoms with E-state index in [1.807, 2.05) is 18.2 Å². The zero-order valence-electron chi connectivity index (χ0n) is 10.8. The first-order valence-electron chi connectivity index (χ1n) is 6.02. The second kappa shape index (κ2) is 3.48. The number of aromatic nitrogens is 5. The lowest BCUT2D eigenvalue weighted by atomic mass is 10.1. The Kier molecular flexibility index (Phi) is 1.98. The van der Waals surface area contributed by atoms with Crippen LogP contribution in [0.3, 0.4) is 0 Å². The molecule has 0 atom stereocenters. The first-order chi connectivity index (χ1) is 9.15. The SMILES string of the molecule is Cc1cc(C)c2c(n1)sc1c2ncn2c(C)nnc12. The molecule has 0 saturated heterocycles. The minimum Gasteiger partial charge on any atom is -0.268 e. The molecule has 4 aromatic heterocycles. The number of thiophene rings is 1. The molecule has 4 heterocycles. The van der Waals surface area contributed by atoms with E-state index in [2.05, 4.69) is 33.2 Å². The van der Waals surface area contributed by atoms with Gasteiger partial charge in [-0.1, -0.05) is 0 Å². The Morgan fingerprint density at radius 2 is 2.00 bits per heavy atom. The maximum atomic E-state index is 4.61. The van der Waals surface area contributed by atoms with Crippen LogP contribution in [0.15, 0.2) is 12.4 Å². The third kappa shape index (κ3) is 1.34. The van der Waals surface area contributed by atoms with Crippen molar-refractivity contribution in [3.63, 3.8) is 0 Å². The Bertz CT molecular complexity index is 950. The van der Waals surface area contributed by atoms with E-state index in [4.69, 9.17) is 0 Å². The second-order valence-electron chi connectivity index (χ2n) is 4.73. The lowest BCUT2D eigenvalue weighted by Crippen LogP contribution is -1.90. The summed E-state index contributed by atoms with van der Waals surface area (Å²) in [6.45, 7) is 6.04. The first-order valence-corrected chi connectivity index (χ1v) is 6.83. The molecule has 5 nitrogen and oxygen atoms in total. The fourth-order valence-corrected chi connectivity index (χ4v) is 3.70. The van der Waals surface area contributed by atoms with Crippen molar-refractivity contribution >= 4 is 37.4 Å². The molecular weight excluding hydrogens is 258 g/mol. The van der Waals surface area contributed by atoms with Crippen LogP contribution < -0.4 is 0 Å². The van der Waals surface area contributed by atoms with Gasteiger partial charge in [-0.2, -0.15) is 0 Å². The van der Waals surface area contributed by atoms with Gasteiger partial charge in [0.25, 0.3) is 0 Å². The molecule has 0 radical (unpaired) electrons. The molecule has 4 aromatic rings. The van der Waals surface area contributed by atoms with Crippen LogP contribution in [0, 0.1) is 20.8 Å². The van der Waals surface area contributed by atoms with Crippen LogP contribution in [0.1, 0.15) is 17.1 Å². The molecular formula is C13H11N5S. The third-order valence-electron chi connectivity index (χ3n) is 3.33. The van der Waals surface area contributed by atoms with Gasteiger partial charge in [0.2, 0.25) is 0 Å². The van der Waals surface area contributed by atoms with Crippen molar-refractivity contribution in [2.24, 2.45) is 0 Å². The normalized spacial score (nSPS) is 11.9. The van der Waals surface area contributed by atoms with Crippen molar-refractivity contribution < 1.29 is 0 Å². The van der Waals surface area contributed by atoms with Crippen molar-refractivity contribution in [3.05, 3.63) is 29.5 Å². The number of fused-ring (bicyclic) bond motifs is 5. The number of hydrogen-bond donors (Lipinski definition) is 0. The molecule has 94 valence electrons. The minimum atomic E-state index is 0.850. The van der Waals surface area contributed by atoms with Gasteiger partial charge < -0.3 is 0 Å². The zero-order chi connectivity index (χ0) is 13.1. The molecule has 0 aliphatic heterocycles. The lowest BCUT2D eigenvalue weighted by molar-refractivity contribution is 0.990. The standard InChI is InChI=1S/C13H11N5S/c1-6-4-7(2)15-13-9(6)10-11(19-13)12-17-16-8(3)18(12)5-14-10/h4-5H,1-3H3. The van der Waals surface area contributed by atoms with Crippen molar-refractivity contribution in [2.45, 2.75) is 20.8 Å². The van der Waals surface area contributed by atoms with Gasteiger partial charge in [-0.05, 0) is 32.4 Å². The monoisotopic (exact) mass is 269 g/mol. The van der Waals surface area contributed by atoms with Crippen LogP contribution in [0.25, 0.3) is 26.1 Å². The fraction of sp³-hybridized carbons (Fsp3) is 0.231. The van der Waals surface area contributed by atoms with Crippen LogP contribution >= 0.6 is 11.3 Å². The van der Waals surface area contributed by atoms with Gasteiger partial charge in [0, 0.05) is 11.1 Å². The van der Waals surface area contributed by atoms with Crippen molar-refractivity contribution in [1.29, 1.82) is 0 Å². The van der Waals surface area contributed by atoms with E-state index in [1.54, 1.807) is 17.7 Å². The largest absolute Gasteiger partial charge is 0.268 e. The van der Waals surface area contributed by atoms with Gasteiger partial charge in [0.05, 0.1) is 5.52 Å². The molecule has 0 aliphatic carbocycles. The number of pyridine rings is 1. The van der Waals surface area contributed by atoms with Gasteiger partial charge in [0.1, 0.15) is 21.7 Å². The topological polar surface area (TPSA) is 56.0 Å². The van der Waals surface area contributed by atoms with Gasteiger partial charge in [0.15, 0.2) is 5.65 Å². The molecule has 0 aromatic carbocycles. The number of nitrogens with zero attached hydrogens (tertiary/aromatic N) is 5. The molecule has 0 fully saturated rings. The van der Waals surface area contributed by atoms with Crippen LogP contribution in [0.5, 0.6) is 0 Å². The van der Waals surface area contributed by atoms with Crippen molar-refractivity contribution in [1.82, 2.24) is 24.6 Å². The maximum Gasteiger partial charge on any atom is 0.181 e. The zero-order valence-corrected chi connectivity index (χ0v) is 11.6. The summed E-state index contributed by atoms with van der Waals surface area (Å²) >= 11 is 1.64. The summed E-state index contributed by atoms with van der Waals surface area (Å²) in [4.78, 5) is 10.2. The van der Waals surface area contributed by atoms with Gasteiger partial charge in [-0.15, -0.1) is 21.5 Å². The minimum absolute atomic E-state index is 0.850. The Labute approximate surface area is 112 Å². The summed E-state index contributed by atoms with van der Waals surface area (Å²) in [6.07, 6.45) is 1.79. The summed E-state index contributed by atoms with van der Waals surface area (Å²) in [6, 6.07) is 2.09.